The minimum absolute atomic E-state index is 0.0714. The Morgan fingerprint density at radius 3 is 1.96 bits per heavy atom. The lowest BCUT2D eigenvalue weighted by atomic mass is 9.97. The lowest BCUT2D eigenvalue weighted by Crippen LogP contribution is -2.64. The first kappa shape index (κ1) is 39.8. The second-order valence-corrected chi connectivity index (χ2v) is 13.1. The summed E-state index contributed by atoms with van der Waals surface area (Å²) in [7, 11) is 0. The summed E-state index contributed by atoms with van der Waals surface area (Å²) in [6.07, 6.45) is -25.6. The van der Waals surface area contributed by atoms with E-state index in [1.807, 2.05) is 0 Å². The minimum atomic E-state index is -2.04. The standard InChI is InChI=1S/C33H40O21/c1-9-28(53-32-25(45)22(42)19(39)16(7-34)51-32)24(44)27(47)31(49-9)48-8-17-20(40)23(43)26(46)33(52-17)54-30-21(41)18-14(38)5-11(35)6-15(18)50-29(30)10-2-3-12(36)13(37)4-10/h2-6,9,16-17,19-20,22-28,31-40,42-47H,7-8H2,1H3/t9-,16+,17+,19+,20+,22-,23-,24-,25+,26+,27+,28-,31+,32-,33-/m0/s1. The van der Waals surface area contributed by atoms with Gasteiger partial charge in [-0.25, -0.2) is 0 Å². The molecular weight excluding hydrogens is 732 g/mol. The van der Waals surface area contributed by atoms with Gasteiger partial charge in [0.15, 0.2) is 29.8 Å². The van der Waals surface area contributed by atoms with Crippen molar-refractivity contribution in [2.45, 2.75) is 99.0 Å². The number of hydrogen-bond donors (Lipinski definition) is 13. The molecule has 15 atom stereocenters. The maximum atomic E-state index is 13.7. The lowest BCUT2D eigenvalue weighted by molar-refractivity contribution is -0.359. The number of rotatable bonds is 9. The summed E-state index contributed by atoms with van der Waals surface area (Å²) in [5, 5.41) is 134. The zero-order chi connectivity index (χ0) is 39.3. The lowest BCUT2D eigenvalue weighted by Gasteiger charge is -2.46. The Kier molecular flexibility index (Phi) is 11.5. The highest BCUT2D eigenvalue weighted by Gasteiger charge is 2.51. The molecule has 298 valence electrons. The van der Waals surface area contributed by atoms with Crippen LogP contribution in [0, 0.1) is 0 Å². The van der Waals surface area contributed by atoms with E-state index >= 15 is 0 Å². The highest BCUT2D eigenvalue weighted by Crippen LogP contribution is 2.40. The molecule has 13 N–H and O–H groups in total. The fourth-order valence-electron chi connectivity index (χ4n) is 6.35. The van der Waals surface area contributed by atoms with E-state index in [4.69, 9.17) is 32.8 Å². The minimum Gasteiger partial charge on any atom is -0.508 e. The SMILES string of the molecule is C[C@@H]1O[C@@H](OC[C@H]2O[C@@H](Oc3c(-c4ccc(O)c(O)c4)oc4cc(O)cc(O)c4c3=O)[C@H](O)[C@@H](O)[C@@H]2O)[C@H](O)[C@H](O)[C@H]1O[C@@H]1O[C@H](CO)[C@@H](O)[C@H](O)[C@H]1O. The molecule has 21 heteroatoms. The van der Waals surface area contributed by atoms with Crippen LogP contribution in [0.2, 0.25) is 0 Å². The predicted molar refractivity (Wildman–Crippen MR) is 173 cm³/mol. The van der Waals surface area contributed by atoms with Gasteiger partial charge >= 0.3 is 0 Å². The summed E-state index contributed by atoms with van der Waals surface area (Å²) in [5.74, 6) is -3.56. The van der Waals surface area contributed by atoms with Gasteiger partial charge in [0.25, 0.3) is 0 Å². The Morgan fingerprint density at radius 2 is 1.30 bits per heavy atom. The van der Waals surface area contributed by atoms with Crippen molar-refractivity contribution in [2.24, 2.45) is 0 Å². The van der Waals surface area contributed by atoms with Crippen LogP contribution in [-0.4, -0.2) is 172 Å². The molecule has 0 amide bonds. The van der Waals surface area contributed by atoms with Crippen molar-refractivity contribution in [3.63, 3.8) is 0 Å². The van der Waals surface area contributed by atoms with Crippen molar-refractivity contribution in [1.29, 1.82) is 0 Å². The Bertz CT molecular complexity index is 1850. The molecule has 0 saturated carbocycles. The number of hydrogen-bond acceptors (Lipinski definition) is 21. The van der Waals surface area contributed by atoms with Crippen LogP contribution in [0.3, 0.4) is 0 Å². The van der Waals surface area contributed by atoms with E-state index in [1.165, 1.54) is 13.0 Å². The van der Waals surface area contributed by atoms with Crippen LogP contribution < -0.4 is 10.2 Å². The quantitative estimate of drug-likeness (QED) is 0.0925. The molecule has 1 aromatic heterocycles. The van der Waals surface area contributed by atoms with Gasteiger partial charge in [0, 0.05) is 17.7 Å². The fraction of sp³-hybridized carbons (Fsp3) is 0.545. The molecule has 0 aliphatic carbocycles. The normalized spacial score (nSPS) is 37.3. The summed E-state index contributed by atoms with van der Waals surface area (Å²) >= 11 is 0. The van der Waals surface area contributed by atoms with Crippen molar-refractivity contribution in [3.8, 4) is 40.1 Å². The molecule has 0 unspecified atom stereocenters. The molecule has 4 heterocycles. The van der Waals surface area contributed by atoms with Crippen molar-refractivity contribution in [1.82, 2.24) is 0 Å². The first-order chi connectivity index (χ1) is 25.5. The molecule has 0 spiro atoms. The van der Waals surface area contributed by atoms with Gasteiger partial charge in [-0.1, -0.05) is 0 Å². The number of benzene rings is 2. The number of aliphatic hydroxyl groups is 9. The number of fused-ring (bicyclic) bond motifs is 1. The third kappa shape index (κ3) is 7.39. The molecule has 0 radical (unpaired) electrons. The summed E-state index contributed by atoms with van der Waals surface area (Å²) < 4.78 is 39.3. The van der Waals surface area contributed by atoms with Crippen LogP contribution in [0.4, 0.5) is 0 Å². The number of phenols is 4. The van der Waals surface area contributed by atoms with Crippen molar-refractivity contribution >= 4 is 11.0 Å². The Morgan fingerprint density at radius 1 is 0.667 bits per heavy atom. The molecule has 6 rings (SSSR count). The van der Waals surface area contributed by atoms with Crippen molar-refractivity contribution in [2.75, 3.05) is 13.2 Å². The first-order valence-electron chi connectivity index (χ1n) is 16.5. The van der Waals surface area contributed by atoms with Crippen LogP contribution >= 0.6 is 0 Å². The Labute approximate surface area is 303 Å². The highest BCUT2D eigenvalue weighted by molar-refractivity contribution is 5.88. The zero-order valence-corrected chi connectivity index (χ0v) is 28.0. The number of aromatic hydroxyl groups is 4. The average Bonchev–Trinajstić information content (AvgIpc) is 3.13. The molecule has 3 aliphatic rings. The molecule has 0 bridgehead atoms. The predicted octanol–water partition coefficient (Wildman–Crippen LogP) is -3.86. The number of phenolic OH excluding ortho intramolecular Hbond substituents is 4. The van der Waals surface area contributed by atoms with E-state index in [1.54, 1.807) is 0 Å². The molecule has 54 heavy (non-hydrogen) atoms. The van der Waals surface area contributed by atoms with Crippen molar-refractivity contribution < 1.29 is 99.2 Å². The van der Waals surface area contributed by atoms with E-state index in [-0.39, 0.29) is 11.1 Å². The number of aliphatic hydroxyl groups excluding tert-OH is 9. The molecule has 3 fully saturated rings. The number of ether oxygens (including phenoxy) is 6. The largest absolute Gasteiger partial charge is 0.508 e. The Hall–Kier alpha value is -3.91. The van der Waals surface area contributed by atoms with Crippen LogP contribution in [0.25, 0.3) is 22.3 Å². The molecule has 3 aliphatic heterocycles. The van der Waals surface area contributed by atoms with Crippen LogP contribution in [0.5, 0.6) is 28.7 Å². The van der Waals surface area contributed by atoms with Gasteiger partial charge in [0.05, 0.1) is 19.3 Å². The molecule has 3 saturated heterocycles. The van der Waals surface area contributed by atoms with Crippen LogP contribution in [0.1, 0.15) is 6.92 Å². The van der Waals surface area contributed by atoms with Gasteiger partial charge in [0.2, 0.25) is 17.5 Å². The smallest absolute Gasteiger partial charge is 0.239 e. The van der Waals surface area contributed by atoms with E-state index in [9.17, 15) is 71.2 Å². The summed E-state index contributed by atoms with van der Waals surface area (Å²) in [4.78, 5) is 13.7. The maximum absolute atomic E-state index is 13.7. The molecule has 2 aromatic carbocycles. The van der Waals surface area contributed by atoms with E-state index in [2.05, 4.69) is 0 Å². The van der Waals surface area contributed by atoms with Gasteiger partial charge in [0.1, 0.15) is 89.6 Å². The molecule has 21 nitrogen and oxygen atoms in total. The third-order valence-electron chi connectivity index (χ3n) is 9.40. The van der Waals surface area contributed by atoms with E-state index < -0.39 is 151 Å². The van der Waals surface area contributed by atoms with Gasteiger partial charge in [-0.05, 0) is 25.1 Å². The second-order valence-electron chi connectivity index (χ2n) is 13.1. The summed E-state index contributed by atoms with van der Waals surface area (Å²) in [5.41, 5.74) is -1.47. The highest BCUT2D eigenvalue weighted by atomic mass is 16.8. The van der Waals surface area contributed by atoms with Gasteiger partial charge in [-0.15, -0.1) is 0 Å². The molecular formula is C33H40O21. The monoisotopic (exact) mass is 772 g/mol. The maximum Gasteiger partial charge on any atom is 0.239 e. The summed E-state index contributed by atoms with van der Waals surface area (Å²) in [6, 6.07) is 5.12. The third-order valence-corrected chi connectivity index (χ3v) is 9.40. The van der Waals surface area contributed by atoms with Crippen molar-refractivity contribution in [3.05, 3.63) is 40.6 Å². The van der Waals surface area contributed by atoms with Gasteiger partial charge < -0.3 is 99.2 Å². The van der Waals surface area contributed by atoms with Crippen LogP contribution in [-0.2, 0) is 23.7 Å². The van der Waals surface area contributed by atoms with Gasteiger partial charge in [-0.2, -0.15) is 0 Å². The topological polar surface area (TPSA) is 349 Å². The Balaban J connectivity index is 1.19. The first-order valence-corrected chi connectivity index (χ1v) is 16.5. The fourth-order valence-corrected chi connectivity index (χ4v) is 6.35. The van der Waals surface area contributed by atoms with E-state index in [0.717, 1.165) is 24.3 Å². The second kappa shape index (κ2) is 15.7. The van der Waals surface area contributed by atoms with Crippen LogP contribution in [0.15, 0.2) is 39.5 Å². The zero-order valence-electron chi connectivity index (χ0n) is 28.0. The van der Waals surface area contributed by atoms with Gasteiger partial charge in [-0.3, -0.25) is 4.79 Å². The molecule has 3 aromatic rings. The van der Waals surface area contributed by atoms with E-state index in [0.29, 0.717) is 0 Å². The summed E-state index contributed by atoms with van der Waals surface area (Å²) in [6.45, 7) is -0.0742. The average molecular weight is 773 g/mol.